The van der Waals surface area contributed by atoms with Gasteiger partial charge in [0, 0.05) is 12.2 Å². The molecule has 2 nitrogen and oxygen atoms in total. The van der Waals surface area contributed by atoms with Crippen molar-refractivity contribution in [2.75, 3.05) is 39.2 Å². The highest BCUT2D eigenvalue weighted by molar-refractivity contribution is 8.76. The summed E-state index contributed by atoms with van der Waals surface area (Å²) in [5, 5.41) is 0. The first kappa shape index (κ1) is 14.3. The molecule has 0 atom stereocenters. The van der Waals surface area contributed by atoms with Crippen LogP contribution in [0.15, 0.2) is 0 Å². The highest BCUT2D eigenvalue weighted by Gasteiger charge is 2.05. The second-order valence-corrected chi connectivity index (χ2v) is 7.17. The van der Waals surface area contributed by atoms with Crippen molar-refractivity contribution in [1.29, 1.82) is 0 Å². The number of ketones is 1. The Labute approximate surface area is 95.8 Å². The first-order chi connectivity index (χ1) is 6.42. The topological polar surface area (TPSA) is 17.1 Å². The first-order valence-electron chi connectivity index (χ1n) is 4.96. The fraction of sp³-hybridized carbons (Fsp3) is 0.900. The molecule has 0 aliphatic rings. The van der Waals surface area contributed by atoms with Crippen LogP contribution >= 0.6 is 21.6 Å². The van der Waals surface area contributed by atoms with Crippen LogP contribution < -0.4 is 0 Å². The van der Waals surface area contributed by atoms with E-state index in [0.717, 1.165) is 23.1 Å². The number of Topliss-reactive ketones (excluding diaryl/α,β-unsaturated/α-hetero) is 1. The van der Waals surface area contributed by atoms with Crippen LogP contribution in [-0.4, -0.2) is 49.5 Å². The van der Waals surface area contributed by atoms with Gasteiger partial charge in [0.25, 0.3) is 0 Å². The molecular weight excluding hydrogens is 214 g/mol. The summed E-state index contributed by atoms with van der Waals surface area (Å²) in [6.45, 7) is 2.86. The molecule has 0 saturated carbocycles. The molecule has 0 aromatic heterocycles. The lowest BCUT2D eigenvalue weighted by Gasteiger charge is -2.23. The van der Waals surface area contributed by atoms with Crippen LogP contribution in [0, 0.1) is 0 Å². The normalized spacial score (nSPS) is 11.7. The summed E-state index contributed by atoms with van der Waals surface area (Å²) in [7, 11) is 10.4. The zero-order valence-electron chi connectivity index (χ0n) is 9.71. The molecule has 0 saturated heterocycles. The van der Waals surface area contributed by atoms with Crippen LogP contribution in [0.5, 0.6) is 0 Å². The Hall–Kier alpha value is 0.330. The lowest BCUT2D eigenvalue weighted by atomic mass is 10.3. The van der Waals surface area contributed by atoms with Crippen molar-refractivity contribution in [1.82, 2.24) is 0 Å². The maximum atomic E-state index is 10.6. The third-order valence-corrected chi connectivity index (χ3v) is 4.16. The molecular formula is C10H22NOS2+. The predicted octanol–water partition coefficient (Wildman–Crippen LogP) is 2.44. The van der Waals surface area contributed by atoms with Gasteiger partial charge < -0.3 is 9.28 Å². The van der Waals surface area contributed by atoms with Crippen LogP contribution in [0.25, 0.3) is 0 Å². The molecule has 0 spiro atoms. The molecule has 84 valence electrons. The quantitative estimate of drug-likeness (QED) is 0.366. The Morgan fingerprint density at radius 3 is 2.21 bits per heavy atom. The van der Waals surface area contributed by atoms with Crippen molar-refractivity contribution in [2.24, 2.45) is 0 Å². The third-order valence-electron chi connectivity index (χ3n) is 1.69. The highest BCUT2D eigenvalue weighted by Crippen LogP contribution is 2.22. The largest absolute Gasteiger partial charge is 0.330 e. The number of hydrogen-bond donors (Lipinski definition) is 0. The monoisotopic (exact) mass is 236 g/mol. The van der Waals surface area contributed by atoms with E-state index in [0.29, 0.717) is 5.78 Å². The molecule has 0 bridgehead atoms. The minimum atomic E-state index is 0.307. The maximum Gasteiger partial charge on any atom is 0.129 e. The molecule has 0 amide bonds. The molecule has 0 aromatic rings. The molecule has 0 rings (SSSR count). The van der Waals surface area contributed by atoms with Crippen molar-refractivity contribution in [3.63, 3.8) is 0 Å². The van der Waals surface area contributed by atoms with Crippen molar-refractivity contribution in [2.45, 2.75) is 19.8 Å². The Morgan fingerprint density at radius 2 is 1.71 bits per heavy atom. The molecule has 0 unspecified atom stereocenters. The van der Waals surface area contributed by atoms with Crippen molar-refractivity contribution in [3.8, 4) is 0 Å². The molecule has 0 aliphatic carbocycles. The van der Waals surface area contributed by atoms with Crippen LogP contribution in [0.1, 0.15) is 19.8 Å². The number of hydrogen-bond acceptors (Lipinski definition) is 3. The first-order valence-corrected chi connectivity index (χ1v) is 7.45. The van der Waals surface area contributed by atoms with Gasteiger partial charge in [-0.05, 0) is 13.3 Å². The zero-order chi connectivity index (χ0) is 11.0. The molecule has 14 heavy (non-hydrogen) atoms. The lowest BCUT2D eigenvalue weighted by Crippen LogP contribution is -2.36. The summed E-state index contributed by atoms with van der Waals surface area (Å²) in [6.07, 6.45) is 1.76. The van der Waals surface area contributed by atoms with E-state index in [2.05, 4.69) is 21.1 Å². The highest BCUT2D eigenvalue weighted by atomic mass is 33.1. The average molecular weight is 236 g/mol. The van der Waals surface area contributed by atoms with Gasteiger partial charge in [-0.3, -0.25) is 0 Å². The summed E-state index contributed by atoms with van der Waals surface area (Å²) >= 11 is 0. The van der Waals surface area contributed by atoms with Gasteiger partial charge in [0.05, 0.1) is 33.4 Å². The van der Waals surface area contributed by atoms with Crippen LogP contribution in [0.4, 0.5) is 0 Å². The number of carbonyl (C=O) groups excluding carboxylic acids is 1. The van der Waals surface area contributed by atoms with E-state index in [1.165, 1.54) is 12.3 Å². The average Bonchev–Trinajstić information content (AvgIpc) is 2.00. The van der Waals surface area contributed by atoms with Gasteiger partial charge in [-0.1, -0.05) is 21.6 Å². The van der Waals surface area contributed by atoms with E-state index < -0.39 is 0 Å². The summed E-state index contributed by atoms with van der Waals surface area (Å²) in [5.74, 6) is 2.59. The molecule has 0 aromatic carbocycles. The standard InChI is InChI=1S/C10H22NOS2/c1-10(12)6-5-8-13-14-9-7-11(2,3)4/h5-9H2,1-4H3/q+1. The van der Waals surface area contributed by atoms with Crippen LogP contribution in [-0.2, 0) is 4.79 Å². The van der Waals surface area contributed by atoms with Crippen LogP contribution in [0.3, 0.4) is 0 Å². The molecule has 0 radical (unpaired) electrons. The number of rotatable bonds is 8. The Kier molecular flexibility index (Phi) is 7.78. The summed E-state index contributed by atoms with van der Waals surface area (Å²) < 4.78 is 1.03. The maximum absolute atomic E-state index is 10.6. The van der Waals surface area contributed by atoms with Crippen molar-refractivity contribution in [3.05, 3.63) is 0 Å². The van der Waals surface area contributed by atoms with Crippen LogP contribution in [0.2, 0.25) is 0 Å². The summed E-state index contributed by atoms with van der Waals surface area (Å²) in [6, 6.07) is 0. The van der Waals surface area contributed by atoms with Crippen molar-refractivity contribution < 1.29 is 9.28 Å². The van der Waals surface area contributed by atoms with Gasteiger partial charge in [-0.25, -0.2) is 0 Å². The molecule has 0 aliphatic heterocycles. The van der Waals surface area contributed by atoms with Gasteiger partial charge in [0.2, 0.25) is 0 Å². The third kappa shape index (κ3) is 12.3. The number of carbonyl (C=O) groups is 1. The van der Waals surface area contributed by atoms with Gasteiger partial charge >= 0.3 is 0 Å². The Morgan fingerprint density at radius 1 is 1.14 bits per heavy atom. The van der Waals surface area contributed by atoms with E-state index in [4.69, 9.17) is 0 Å². The molecule has 0 fully saturated rings. The van der Waals surface area contributed by atoms with E-state index in [-0.39, 0.29) is 0 Å². The minimum Gasteiger partial charge on any atom is -0.330 e. The van der Waals surface area contributed by atoms with E-state index in [1.807, 2.05) is 21.6 Å². The summed E-state index contributed by atoms with van der Waals surface area (Å²) in [5.41, 5.74) is 0. The predicted molar refractivity (Wildman–Crippen MR) is 67.7 cm³/mol. The number of quaternary nitrogens is 1. The number of nitrogens with zero attached hydrogens (tertiary/aromatic N) is 1. The lowest BCUT2D eigenvalue weighted by molar-refractivity contribution is -0.867. The Bertz CT molecular complexity index is 166. The zero-order valence-corrected chi connectivity index (χ0v) is 11.3. The van der Waals surface area contributed by atoms with Gasteiger partial charge in [0.1, 0.15) is 5.78 Å². The minimum absolute atomic E-state index is 0.307. The van der Waals surface area contributed by atoms with Gasteiger partial charge in [-0.2, -0.15) is 0 Å². The molecule has 0 heterocycles. The smallest absolute Gasteiger partial charge is 0.129 e. The van der Waals surface area contributed by atoms with E-state index in [9.17, 15) is 4.79 Å². The molecule has 0 N–H and O–H groups in total. The van der Waals surface area contributed by atoms with E-state index in [1.54, 1.807) is 6.92 Å². The van der Waals surface area contributed by atoms with Gasteiger partial charge in [-0.15, -0.1) is 0 Å². The van der Waals surface area contributed by atoms with Crippen molar-refractivity contribution >= 4 is 27.4 Å². The van der Waals surface area contributed by atoms with E-state index >= 15 is 0 Å². The second-order valence-electron chi connectivity index (χ2n) is 4.46. The molecule has 4 heteroatoms. The van der Waals surface area contributed by atoms with Gasteiger partial charge in [0.15, 0.2) is 0 Å². The summed E-state index contributed by atoms with van der Waals surface area (Å²) in [4.78, 5) is 10.6. The fourth-order valence-electron chi connectivity index (χ4n) is 0.809. The Balaban J connectivity index is 3.11. The SMILES string of the molecule is CC(=O)CCCSSCC[N+](C)(C)C. The fourth-order valence-corrected chi connectivity index (χ4v) is 3.21. The second kappa shape index (κ2) is 7.60.